The summed E-state index contributed by atoms with van der Waals surface area (Å²) in [4.78, 5) is 11.5. The van der Waals surface area contributed by atoms with Crippen LogP contribution in [0, 0.1) is 6.92 Å². The lowest BCUT2D eigenvalue weighted by Gasteiger charge is -2.07. The van der Waals surface area contributed by atoms with Gasteiger partial charge in [-0.05, 0) is 24.6 Å². The van der Waals surface area contributed by atoms with Gasteiger partial charge in [0, 0.05) is 17.3 Å². The standard InChI is InChI=1S/C13H15N3O2/c1-9-2-3-10(8-11(9)14)12-4-5-13(18)16(15-12)6-7-17/h2-5,8,17H,6-7,14H2,1H3. The van der Waals surface area contributed by atoms with Crippen LogP contribution in [0.3, 0.4) is 0 Å². The Bertz CT molecular complexity index is 620. The van der Waals surface area contributed by atoms with Crippen molar-refractivity contribution < 1.29 is 5.11 Å². The molecule has 1 aromatic carbocycles. The van der Waals surface area contributed by atoms with Crippen LogP contribution in [0.4, 0.5) is 5.69 Å². The van der Waals surface area contributed by atoms with Crippen LogP contribution in [0.2, 0.25) is 0 Å². The molecule has 18 heavy (non-hydrogen) atoms. The molecule has 0 unspecified atom stereocenters. The molecular formula is C13H15N3O2. The highest BCUT2D eigenvalue weighted by Gasteiger charge is 2.04. The first-order chi connectivity index (χ1) is 8.61. The van der Waals surface area contributed by atoms with Crippen LogP contribution in [-0.2, 0) is 6.54 Å². The fraction of sp³-hybridized carbons (Fsp3) is 0.231. The van der Waals surface area contributed by atoms with Gasteiger partial charge in [0.05, 0.1) is 18.8 Å². The number of hydrogen-bond acceptors (Lipinski definition) is 4. The van der Waals surface area contributed by atoms with Crippen molar-refractivity contribution in [1.29, 1.82) is 0 Å². The highest BCUT2D eigenvalue weighted by atomic mass is 16.3. The Morgan fingerprint density at radius 1 is 1.33 bits per heavy atom. The van der Waals surface area contributed by atoms with E-state index in [0.717, 1.165) is 11.1 Å². The molecule has 0 aliphatic carbocycles. The van der Waals surface area contributed by atoms with E-state index in [1.54, 1.807) is 6.07 Å². The van der Waals surface area contributed by atoms with Crippen molar-refractivity contribution in [3.63, 3.8) is 0 Å². The second kappa shape index (κ2) is 5.01. The summed E-state index contributed by atoms with van der Waals surface area (Å²) in [6.45, 7) is 2.00. The predicted octanol–water partition coefficient (Wildman–Crippen LogP) is 0.793. The molecule has 5 heteroatoms. The van der Waals surface area contributed by atoms with Crippen LogP contribution in [0.5, 0.6) is 0 Å². The Balaban J connectivity index is 2.47. The van der Waals surface area contributed by atoms with Crippen molar-refractivity contribution in [2.45, 2.75) is 13.5 Å². The number of aromatic nitrogens is 2. The Morgan fingerprint density at radius 2 is 2.11 bits per heavy atom. The molecule has 1 aromatic heterocycles. The number of aryl methyl sites for hydroxylation is 1. The third-order valence-corrected chi connectivity index (χ3v) is 2.75. The summed E-state index contributed by atoms with van der Waals surface area (Å²) >= 11 is 0. The topological polar surface area (TPSA) is 81.1 Å². The van der Waals surface area contributed by atoms with Crippen LogP contribution >= 0.6 is 0 Å². The predicted molar refractivity (Wildman–Crippen MR) is 70.2 cm³/mol. The Morgan fingerprint density at radius 3 is 2.78 bits per heavy atom. The molecule has 0 aliphatic rings. The number of rotatable bonds is 3. The summed E-state index contributed by atoms with van der Waals surface area (Å²) in [5.41, 5.74) is 8.82. The lowest BCUT2D eigenvalue weighted by atomic mass is 10.1. The average molecular weight is 245 g/mol. The zero-order valence-electron chi connectivity index (χ0n) is 10.1. The minimum atomic E-state index is -0.229. The van der Waals surface area contributed by atoms with E-state index in [1.807, 2.05) is 25.1 Å². The van der Waals surface area contributed by atoms with E-state index in [4.69, 9.17) is 10.8 Å². The van der Waals surface area contributed by atoms with Gasteiger partial charge in [-0.25, -0.2) is 4.68 Å². The molecular weight excluding hydrogens is 230 g/mol. The number of aliphatic hydroxyl groups excluding tert-OH is 1. The molecule has 1 heterocycles. The molecule has 2 rings (SSSR count). The highest BCUT2D eigenvalue weighted by Crippen LogP contribution is 2.20. The van der Waals surface area contributed by atoms with Gasteiger partial charge in [-0.1, -0.05) is 12.1 Å². The largest absolute Gasteiger partial charge is 0.398 e. The molecule has 0 saturated heterocycles. The first-order valence-corrected chi connectivity index (χ1v) is 5.67. The maximum Gasteiger partial charge on any atom is 0.266 e. The van der Waals surface area contributed by atoms with Crippen molar-refractivity contribution >= 4 is 5.69 Å². The molecule has 0 aliphatic heterocycles. The van der Waals surface area contributed by atoms with E-state index >= 15 is 0 Å². The maximum atomic E-state index is 11.5. The van der Waals surface area contributed by atoms with Gasteiger partial charge in [-0.3, -0.25) is 4.79 Å². The summed E-state index contributed by atoms with van der Waals surface area (Å²) in [6, 6.07) is 8.73. The number of benzene rings is 1. The smallest absolute Gasteiger partial charge is 0.266 e. The molecule has 0 amide bonds. The number of hydrogen-bond donors (Lipinski definition) is 2. The molecule has 0 radical (unpaired) electrons. The summed E-state index contributed by atoms with van der Waals surface area (Å²) < 4.78 is 1.24. The number of aliphatic hydroxyl groups is 1. The van der Waals surface area contributed by atoms with Crippen LogP contribution in [0.15, 0.2) is 35.1 Å². The molecule has 0 fully saturated rings. The van der Waals surface area contributed by atoms with E-state index in [1.165, 1.54) is 10.7 Å². The quantitative estimate of drug-likeness (QED) is 0.783. The third kappa shape index (κ3) is 2.41. The van der Waals surface area contributed by atoms with Gasteiger partial charge in [0.1, 0.15) is 0 Å². The number of nitrogen functional groups attached to an aromatic ring is 1. The molecule has 2 aromatic rings. The van der Waals surface area contributed by atoms with E-state index in [0.29, 0.717) is 11.4 Å². The first kappa shape index (κ1) is 12.3. The number of nitrogens with zero attached hydrogens (tertiary/aromatic N) is 2. The van der Waals surface area contributed by atoms with E-state index in [9.17, 15) is 4.79 Å². The Hall–Kier alpha value is -2.14. The van der Waals surface area contributed by atoms with Gasteiger partial charge in [-0.2, -0.15) is 5.10 Å². The second-order valence-electron chi connectivity index (χ2n) is 4.07. The van der Waals surface area contributed by atoms with Crippen molar-refractivity contribution in [3.8, 4) is 11.3 Å². The van der Waals surface area contributed by atoms with Crippen molar-refractivity contribution in [1.82, 2.24) is 9.78 Å². The molecule has 94 valence electrons. The fourth-order valence-corrected chi connectivity index (χ4v) is 1.66. The van der Waals surface area contributed by atoms with Gasteiger partial charge >= 0.3 is 0 Å². The molecule has 3 N–H and O–H groups in total. The SMILES string of the molecule is Cc1ccc(-c2ccc(=O)n(CCO)n2)cc1N. The molecule has 5 nitrogen and oxygen atoms in total. The maximum absolute atomic E-state index is 11.5. The summed E-state index contributed by atoms with van der Waals surface area (Å²) in [6.07, 6.45) is 0. The van der Waals surface area contributed by atoms with Gasteiger partial charge in [0.25, 0.3) is 5.56 Å². The zero-order chi connectivity index (χ0) is 13.1. The zero-order valence-corrected chi connectivity index (χ0v) is 10.1. The van der Waals surface area contributed by atoms with Gasteiger partial charge in [0.2, 0.25) is 0 Å². The minimum Gasteiger partial charge on any atom is -0.398 e. The van der Waals surface area contributed by atoms with Crippen LogP contribution in [0.25, 0.3) is 11.3 Å². The van der Waals surface area contributed by atoms with Crippen LogP contribution in [0.1, 0.15) is 5.56 Å². The summed E-state index contributed by atoms with van der Waals surface area (Å²) in [5, 5.41) is 13.1. The second-order valence-corrected chi connectivity index (χ2v) is 4.07. The van der Waals surface area contributed by atoms with Crippen LogP contribution in [-0.4, -0.2) is 21.5 Å². The van der Waals surface area contributed by atoms with E-state index < -0.39 is 0 Å². The summed E-state index contributed by atoms with van der Waals surface area (Å²) in [7, 11) is 0. The lowest BCUT2D eigenvalue weighted by Crippen LogP contribution is -2.23. The van der Waals surface area contributed by atoms with Crippen molar-refractivity contribution in [2.75, 3.05) is 12.3 Å². The molecule has 0 bridgehead atoms. The normalized spacial score (nSPS) is 10.6. The average Bonchev–Trinajstić information content (AvgIpc) is 2.36. The Kier molecular flexibility index (Phi) is 3.43. The first-order valence-electron chi connectivity index (χ1n) is 5.67. The van der Waals surface area contributed by atoms with Crippen molar-refractivity contribution in [3.05, 3.63) is 46.2 Å². The molecule has 0 spiro atoms. The van der Waals surface area contributed by atoms with Gasteiger partial charge in [-0.15, -0.1) is 0 Å². The summed E-state index contributed by atoms with van der Waals surface area (Å²) in [5.74, 6) is 0. The third-order valence-electron chi connectivity index (χ3n) is 2.75. The van der Waals surface area contributed by atoms with Gasteiger partial charge in [0.15, 0.2) is 0 Å². The van der Waals surface area contributed by atoms with Crippen molar-refractivity contribution in [2.24, 2.45) is 0 Å². The Labute approximate surface area is 104 Å². The minimum absolute atomic E-state index is 0.119. The molecule has 0 saturated carbocycles. The van der Waals surface area contributed by atoms with E-state index in [2.05, 4.69) is 5.10 Å². The number of nitrogens with two attached hydrogens (primary N) is 1. The van der Waals surface area contributed by atoms with E-state index in [-0.39, 0.29) is 18.7 Å². The lowest BCUT2D eigenvalue weighted by molar-refractivity contribution is 0.266. The molecule has 0 atom stereocenters. The highest BCUT2D eigenvalue weighted by molar-refractivity contribution is 5.65. The number of anilines is 1. The van der Waals surface area contributed by atoms with Crippen LogP contribution < -0.4 is 11.3 Å². The fourth-order valence-electron chi connectivity index (χ4n) is 1.66. The van der Waals surface area contributed by atoms with Gasteiger partial charge < -0.3 is 10.8 Å². The monoisotopic (exact) mass is 245 g/mol.